The number of rotatable bonds is 7. The molecule has 0 atom stereocenters. The quantitative estimate of drug-likeness (QED) is 0.662. The molecule has 0 bridgehead atoms. The van der Waals surface area contributed by atoms with Gasteiger partial charge in [-0.2, -0.15) is 0 Å². The number of carboxylic acids is 1. The summed E-state index contributed by atoms with van der Waals surface area (Å²) in [4.78, 5) is 25.1. The summed E-state index contributed by atoms with van der Waals surface area (Å²) in [6, 6.07) is 7.59. The molecule has 1 aromatic rings. The zero-order chi connectivity index (χ0) is 17.1. The van der Waals surface area contributed by atoms with Crippen LogP contribution < -0.4 is 10.6 Å². The SMILES string of the molecule is O=C(O)CN(CC1CC1)C1CC(NC(=O)Nc2cccc(Br)c2)C1. The number of carbonyl (C=O) groups excluding carboxylic acids is 1. The first-order valence-corrected chi connectivity index (χ1v) is 9.08. The van der Waals surface area contributed by atoms with Crippen molar-refractivity contribution in [2.45, 2.75) is 37.8 Å². The van der Waals surface area contributed by atoms with Crippen molar-refractivity contribution >= 4 is 33.6 Å². The maximum absolute atomic E-state index is 12.0. The Morgan fingerprint density at radius 1 is 1.29 bits per heavy atom. The average molecular weight is 396 g/mol. The zero-order valence-electron chi connectivity index (χ0n) is 13.4. The highest BCUT2D eigenvalue weighted by molar-refractivity contribution is 9.10. The van der Waals surface area contributed by atoms with Crippen molar-refractivity contribution in [3.8, 4) is 0 Å². The van der Waals surface area contributed by atoms with Crippen molar-refractivity contribution in [1.82, 2.24) is 10.2 Å². The van der Waals surface area contributed by atoms with Gasteiger partial charge in [-0.05, 0) is 49.8 Å². The number of hydrogen-bond acceptors (Lipinski definition) is 3. The van der Waals surface area contributed by atoms with E-state index < -0.39 is 5.97 Å². The summed E-state index contributed by atoms with van der Waals surface area (Å²) in [6.45, 7) is 0.964. The van der Waals surface area contributed by atoms with Gasteiger partial charge in [0.25, 0.3) is 0 Å². The lowest BCUT2D eigenvalue weighted by Gasteiger charge is -2.42. The van der Waals surface area contributed by atoms with Crippen molar-refractivity contribution in [3.05, 3.63) is 28.7 Å². The molecule has 7 heteroatoms. The van der Waals surface area contributed by atoms with Crippen molar-refractivity contribution < 1.29 is 14.7 Å². The minimum absolute atomic E-state index is 0.0954. The van der Waals surface area contributed by atoms with E-state index >= 15 is 0 Å². The molecule has 3 N–H and O–H groups in total. The molecule has 3 rings (SSSR count). The molecular weight excluding hydrogens is 374 g/mol. The summed E-state index contributed by atoms with van der Waals surface area (Å²) in [5.74, 6) is -0.115. The topological polar surface area (TPSA) is 81.7 Å². The van der Waals surface area contributed by atoms with Gasteiger partial charge in [-0.3, -0.25) is 9.69 Å². The Morgan fingerprint density at radius 3 is 2.67 bits per heavy atom. The normalized spacial score (nSPS) is 22.8. The molecule has 0 saturated heterocycles. The lowest BCUT2D eigenvalue weighted by Crippen LogP contribution is -2.55. The first kappa shape index (κ1) is 17.2. The van der Waals surface area contributed by atoms with Crippen LogP contribution in [-0.2, 0) is 4.79 Å². The zero-order valence-corrected chi connectivity index (χ0v) is 15.0. The highest BCUT2D eigenvalue weighted by Crippen LogP contribution is 2.33. The highest BCUT2D eigenvalue weighted by Gasteiger charge is 2.37. The van der Waals surface area contributed by atoms with Crippen LogP contribution in [0.5, 0.6) is 0 Å². The fourth-order valence-electron chi connectivity index (χ4n) is 3.07. The molecule has 0 spiro atoms. The molecule has 0 aromatic heterocycles. The monoisotopic (exact) mass is 395 g/mol. The maximum Gasteiger partial charge on any atom is 0.319 e. The van der Waals surface area contributed by atoms with Gasteiger partial charge in [-0.15, -0.1) is 0 Å². The summed E-state index contributed by atoms with van der Waals surface area (Å²) in [5.41, 5.74) is 0.735. The third kappa shape index (κ3) is 4.95. The van der Waals surface area contributed by atoms with Crippen LogP contribution in [0.2, 0.25) is 0 Å². The maximum atomic E-state index is 12.0. The van der Waals surface area contributed by atoms with E-state index in [4.69, 9.17) is 5.11 Å². The summed E-state index contributed by atoms with van der Waals surface area (Å²) < 4.78 is 0.911. The summed E-state index contributed by atoms with van der Waals surface area (Å²) in [6.07, 6.45) is 4.04. The summed E-state index contributed by atoms with van der Waals surface area (Å²) >= 11 is 3.37. The van der Waals surface area contributed by atoms with Gasteiger partial charge in [0.15, 0.2) is 0 Å². The van der Waals surface area contributed by atoms with Crippen LogP contribution in [0.1, 0.15) is 25.7 Å². The number of halogens is 1. The van der Waals surface area contributed by atoms with Crippen LogP contribution in [0.4, 0.5) is 10.5 Å². The Balaban J connectivity index is 1.43. The van der Waals surface area contributed by atoms with Gasteiger partial charge in [0, 0.05) is 28.8 Å². The van der Waals surface area contributed by atoms with Crippen molar-refractivity contribution in [2.24, 2.45) is 5.92 Å². The number of nitrogens with zero attached hydrogens (tertiary/aromatic N) is 1. The second-order valence-electron chi connectivity index (χ2n) is 6.70. The molecule has 130 valence electrons. The minimum Gasteiger partial charge on any atom is -0.480 e. The minimum atomic E-state index is -0.778. The smallest absolute Gasteiger partial charge is 0.319 e. The molecule has 2 aliphatic carbocycles. The lowest BCUT2D eigenvalue weighted by atomic mass is 9.85. The Kier molecular flexibility index (Phi) is 5.40. The van der Waals surface area contributed by atoms with Gasteiger partial charge >= 0.3 is 12.0 Å². The van der Waals surface area contributed by atoms with Crippen molar-refractivity contribution in [3.63, 3.8) is 0 Å². The van der Waals surface area contributed by atoms with Crippen LogP contribution in [0.25, 0.3) is 0 Å². The second kappa shape index (κ2) is 7.53. The predicted octanol–water partition coefficient (Wildman–Crippen LogP) is 2.90. The standard InChI is InChI=1S/C17H22BrN3O3/c18-12-2-1-3-13(6-12)19-17(24)20-14-7-15(8-14)21(10-16(22)23)9-11-4-5-11/h1-3,6,11,14-15H,4-5,7-10H2,(H,22,23)(H2,19,20,24). The fraction of sp³-hybridized carbons (Fsp3) is 0.529. The van der Waals surface area contributed by atoms with E-state index in [1.807, 2.05) is 24.3 Å². The molecule has 2 fully saturated rings. The van der Waals surface area contributed by atoms with Gasteiger partial charge in [0.2, 0.25) is 0 Å². The molecule has 2 amide bonds. The van der Waals surface area contributed by atoms with Crippen LogP contribution in [-0.4, -0.2) is 47.2 Å². The number of amides is 2. The van der Waals surface area contributed by atoms with Gasteiger partial charge < -0.3 is 15.7 Å². The molecule has 2 saturated carbocycles. The molecule has 24 heavy (non-hydrogen) atoms. The first-order valence-electron chi connectivity index (χ1n) is 8.28. The van der Waals surface area contributed by atoms with Gasteiger partial charge in [-0.1, -0.05) is 22.0 Å². The van der Waals surface area contributed by atoms with E-state index in [9.17, 15) is 9.59 Å². The van der Waals surface area contributed by atoms with Crippen LogP contribution in [0.15, 0.2) is 28.7 Å². The van der Waals surface area contributed by atoms with Crippen LogP contribution in [0, 0.1) is 5.92 Å². The number of hydrogen-bond donors (Lipinski definition) is 3. The first-order chi connectivity index (χ1) is 11.5. The molecule has 2 aliphatic rings. The molecule has 0 aliphatic heterocycles. The number of nitrogens with one attached hydrogen (secondary N) is 2. The summed E-state index contributed by atoms with van der Waals surface area (Å²) in [7, 11) is 0. The molecule has 6 nitrogen and oxygen atoms in total. The van der Waals surface area contributed by atoms with Crippen LogP contribution >= 0.6 is 15.9 Å². The van der Waals surface area contributed by atoms with Gasteiger partial charge in [0.05, 0.1) is 6.54 Å². The van der Waals surface area contributed by atoms with E-state index in [0.717, 1.165) is 29.5 Å². The summed E-state index contributed by atoms with van der Waals surface area (Å²) in [5, 5.41) is 14.8. The largest absolute Gasteiger partial charge is 0.480 e. The number of anilines is 1. The Hall–Kier alpha value is -1.60. The Bertz CT molecular complexity index is 615. The van der Waals surface area contributed by atoms with Gasteiger partial charge in [-0.25, -0.2) is 4.79 Å². The van der Waals surface area contributed by atoms with E-state index in [1.165, 1.54) is 12.8 Å². The predicted molar refractivity (Wildman–Crippen MR) is 95.0 cm³/mol. The average Bonchev–Trinajstić information content (AvgIpc) is 3.25. The number of aliphatic carboxylic acids is 1. The molecule has 0 unspecified atom stereocenters. The number of carbonyl (C=O) groups is 2. The van der Waals surface area contributed by atoms with E-state index in [2.05, 4.69) is 31.5 Å². The number of urea groups is 1. The molecule has 1 aromatic carbocycles. The van der Waals surface area contributed by atoms with Gasteiger partial charge in [0.1, 0.15) is 0 Å². The number of carboxylic acid groups (broad SMARTS) is 1. The molecule has 0 heterocycles. The Labute approximate surface area is 149 Å². The Morgan fingerprint density at radius 2 is 2.04 bits per heavy atom. The number of benzene rings is 1. The fourth-order valence-corrected chi connectivity index (χ4v) is 3.47. The highest BCUT2D eigenvalue weighted by atomic mass is 79.9. The third-order valence-corrected chi connectivity index (χ3v) is 5.07. The molecule has 0 radical (unpaired) electrons. The van der Waals surface area contributed by atoms with E-state index in [1.54, 1.807) is 0 Å². The van der Waals surface area contributed by atoms with Crippen LogP contribution in [0.3, 0.4) is 0 Å². The van der Waals surface area contributed by atoms with E-state index in [-0.39, 0.29) is 24.7 Å². The lowest BCUT2D eigenvalue weighted by molar-refractivity contribution is -0.139. The molecular formula is C17H22BrN3O3. The van der Waals surface area contributed by atoms with Crippen molar-refractivity contribution in [2.75, 3.05) is 18.4 Å². The second-order valence-corrected chi connectivity index (χ2v) is 7.61. The third-order valence-electron chi connectivity index (χ3n) is 4.58. The van der Waals surface area contributed by atoms with E-state index in [0.29, 0.717) is 5.92 Å². The van der Waals surface area contributed by atoms with Crippen molar-refractivity contribution in [1.29, 1.82) is 0 Å².